The Morgan fingerprint density at radius 2 is 2.19 bits per heavy atom. The van der Waals surface area contributed by atoms with Gasteiger partial charge in [-0.15, -0.1) is 0 Å². The number of anilines is 1. The smallest absolute Gasteiger partial charge is 0.311 e. The van der Waals surface area contributed by atoms with E-state index in [1.54, 1.807) is 0 Å². The van der Waals surface area contributed by atoms with E-state index in [1.807, 2.05) is 31.2 Å². The first kappa shape index (κ1) is 13.8. The molecule has 1 aromatic heterocycles. The van der Waals surface area contributed by atoms with Crippen LogP contribution in [0.3, 0.4) is 0 Å². The zero-order valence-corrected chi connectivity index (χ0v) is 11.8. The highest BCUT2D eigenvalue weighted by Gasteiger charge is 2.31. The van der Waals surface area contributed by atoms with Crippen molar-refractivity contribution in [2.75, 3.05) is 11.9 Å². The summed E-state index contributed by atoms with van der Waals surface area (Å²) in [5.74, 6) is 0. The number of benzene rings is 1. The van der Waals surface area contributed by atoms with E-state index in [0.29, 0.717) is 12.3 Å². The molecule has 0 saturated heterocycles. The lowest BCUT2D eigenvalue weighted by Crippen LogP contribution is -2.41. The molecule has 6 nitrogen and oxygen atoms in total. The average molecular weight is 287 g/mol. The van der Waals surface area contributed by atoms with Crippen LogP contribution in [0.2, 0.25) is 0 Å². The maximum atomic E-state index is 11.2. The molecule has 0 bridgehead atoms. The number of fused-ring (bicyclic) bond motifs is 1. The highest BCUT2D eigenvalue weighted by Crippen LogP contribution is 2.35. The molecule has 1 aliphatic carbocycles. The molecule has 0 spiro atoms. The molecule has 110 valence electrons. The normalized spacial score (nSPS) is 21.0. The number of nitrogens with zero attached hydrogens (tertiary/aromatic N) is 2. The first-order valence-corrected chi connectivity index (χ1v) is 7.09. The van der Waals surface area contributed by atoms with Crippen molar-refractivity contribution in [1.29, 1.82) is 0 Å². The van der Waals surface area contributed by atoms with Crippen LogP contribution in [-0.4, -0.2) is 28.7 Å². The van der Waals surface area contributed by atoms with E-state index in [0.717, 1.165) is 23.7 Å². The van der Waals surface area contributed by atoms with Gasteiger partial charge in [0.05, 0.1) is 16.5 Å². The standard InChI is InChI=1S/C15H17N3O3/c1-2-21-11-7-10(8-11)17-15-12-5-3-4-6-13(12)16-9-14(15)18(19)20/h3-6,9-11H,2,7-8H2,1H3,(H,16,17). The van der Waals surface area contributed by atoms with Crippen LogP contribution in [0.4, 0.5) is 11.4 Å². The van der Waals surface area contributed by atoms with Crippen molar-refractivity contribution >= 4 is 22.3 Å². The van der Waals surface area contributed by atoms with Gasteiger partial charge in [0, 0.05) is 18.0 Å². The van der Waals surface area contributed by atoms with Gasteiger partial charge in [-0.2, -0.15) is 0 Å². The Morgan fingerprint density at radius 3 is 2.90 bits per heavy atom. The van der Waals surface area contributed by atoms with Gasteiger partial charge >= 0.3 is 5.69 Å². The van der Waals surface area contributed by atoms with Gasteiger partial charge in [-0.3, -0.25) is 10.1 Å². The highest BCUT2D eigenvalue weighted by molar-refractivity contribution is 5.95. The molecule has 1 fully saturated rings. The molecule has 3 rings (SSSR count). The predicted molar refractivity (Wildman–Crippen MR) is 80.5 cm³/mol. The molecule has 1 saturated carbocycles. The van der Waals surface area contributed by atoms with Crippen LogP contribution >= 0.6 is 0 Å². The minimum atomic E-state index is -0.388. The number of nitrogens with one attached hydrogen (secondary N) is 1. The summed E-state index contributed by atoms with van der Waals surface area (Å²) in [6.07, 6.45) is 3.34. The summed E-state index contributed by atoms with van der Waals surface area (Å²) < 4.78 is 5.52. The summed E-state index contributed by atoms with van der Waals surface area (Å²) in [7, 11) is 0. The lowest BCUT2D eigenvalue weighted by Gasteiger charge is -2.36. The minimum Gasteiger partial charge on any atom is -0.378 e. The number of pyridine rings is 1. The van der Waals surface area contributed by atoms with E-state index >= 15 is 0 Å². The molecule has 1 heterocycles. The lowest BCUT2D eigenvalue weighted by atomic mass is 9.89. The number of hydrogen-bond donors (Lipinski definition) is 1. The van der Waals surface area contributed by atoms with Crippen molar-refractivity contribution in [2.24, 2.45) is 0 Å². The van der Waals surface area contributed by atoms with E-state index < -0.39 is 0 Å². The fourth-order valence-corrected chi connectivity index (χ4v) is 2.68. The van der Waals surface area contributed by atoms with Gasteiger partial charge < -0.3 is 10.1 Å². The lowest BCUT2D eigenvalue weighted by molar-refractivity contribution is -0.384. The van der Waals surface area contributed by atoms with E-state index in [2.05, 4.69) is 10.3 Å². The molecule has 21 heavy (non-hydrogen) atoms. The number of hydrogen-bond acceptors (Lipinski definition) is 5. The molecule has 1 aromatic carbocycles. The highest BCUT2D eigenvalue weighted by atomic mass is 16.6. The van der Waals surface area contributed by atoms with Crippen LogP contribution in [-0.2, 0) is 4.74 Å². The van der Waals surface area contributed by atoms with Crippen molar-refractivity contribution in [3.05, 3.63) is 40.6 Å². The second-order valence-corrected chi connectivity index (χ2v) is 5.18. The van der Waals surface area contributed by atoms with Gasteiger partial charge in [0.25, 0.3) is 0 Å². The van der Waals surface area contributed by atoms with Crippen molar-refractivity contribution in [3.8, 4) is 0 Å². The molecule has 6 heteroatoms. The maximum Gasteiger partial charge on any atom is 0.311 e. The summed E-state index contributed by atoms with van der Waals surface area (Å²) in [6.45, 7) is 2.68. The zero-order chi connectivity index (χ0) is 14.8. The van der Waals surface area contributed by atoms with E-state index in [4.69, 9.17) is 4.74 Å². The SMILES string of the molecule is CCOC1CC(Nc2c([N+](=O)[O-])cnc3ccccc23)C1. The van der Waals surface area contributed by atoms with Crippen molar-refractivity contribution in [2.45, 2.75) is 31.9 Å². The molecule has 1 aliphatic rings. The molecular weight excluding hydrogens is 270 g/mol. The topological polar surface area (TPSA) is 77.3 Å². The van der Waals surface area contributed by atoms with Gasteiger partial charge in [0.15, 0.2) is 0 Å². The third kappa shape index (κ3) is 2.67. The Hall–Kier alpha value is -2.21. The zero-order valence-electron chi connectivity index (χ0n) is 11.8. The van der Waals surface area contributed by atoms with Crippen LogP contribution in [0, 0.1) is 10.1 Å². The molecule has 0 radical (unpaired) electrons. The van der Waals surface area contributed by atoms with E-state index in [9.17, 15) is 10.1 Å². The summed E-state index contributed by atoms with van der Waals surface area (Å²) in [4.78, 5) is 15.0. The first-order valence-electron chi connectivity index (χ1n) is 7.09. The largest absolute Gasteiger partial charge is 0.378 e. The predicted octanol–water partition coefficient (Wildman–Crippen LogP) is 3.12. The molecule has 2 aromatic rings. The third-order valence-electron chi connectivity index (χ3n) is 3.80. The molecular formula is C15H17N3O3. The van der Waals surface area contributed by atoms with Crippen LogP contribution in [0.15, 0.2) is 30.5 Å². The van der Waals surface area contributed by atoms with Crippen LogP contribution in [0.5, 0.6) is 0 Å². The maximum absolute atomic E-state index is 11.2. The number of rotatable bonds is 5. The van der Waals surface area contributed by atoms with Gasteiger partial charge in [0.2, 0.25) is 0 Å². The Bertz CT molecular complexity index is 668. The minimum absolute atomic E-state index is 0.0218. The summed E-state index contributed by atoms with van der Waals surface area (Å²) >= 11 is 0. The average Bonchev–Trinajstić information content (AvgIpc) is 2.44. The van der Waals surface area contributed by atoms with Gasteiger partial charge in [0.1, 0.15) is 11.9 Å². The Labute approximate surface area is 122 Å². The van der Waals surface area contributed by atoms with Crippen molar-refractivity contribution in [3.63, 3.8) is 0 Å². The Kier molecular flexibility index (Phi) is 3.70. The molecule has 0 atom stereocenters. The monoisotopic (exact) mass is 287 g/mol. The fraction of sp³-hybridized carbons (Fsp3) is 0.400. The van der Waals surface area contributed by atoms with Crippen LogP contribution in [0.25, 0.3) is 10.9 Å². The number of aromatic nitrogens is 1. The van der Waals surface area contributed by atoms with Crippen molar-refractivity contribution in [1.82, 2.24) is 4.98 Å². The molecule has 0 amide bonds. The summed E-state index contributed by atoms with van der Waals surface area (Å²) in [6, 6.07) is 7.66. The molecule has 1 N–H and O–H groups in total. The van der Waals surface area contributed by atoms with Gasteiger partial charge in [-0.1, -0.05) is 18.2 Å². The number of ether oxygens (including phenoxy) is 1. The second kappa shape index (κ2) is 5.65. The van der Waals surface area contributed by atoms with Crippen LogP contribution in [0.1, 0.15) is 19.8 Å². The summed E-state index contributed by atoms with van der Waals surface area (Å²) in [5, 5.41) is 15.3. The van der Waals surface area contributed by atoms with Gasteiger partial charge in [-0.25, -0.2) is 4.98 Å². The second-order valence-electron chi connectivity index (χ2n) is 5.18. The van der Waals surface area contributed by atoms with E-state index in [1.165, 1.54) is 6.20 Å². The molecule has 0 unspecified atom stereocenters. The third-order valence-corrected chi connectivity index (χ3v) is 3.80. The Balaban J connectivity index is 1.89. The van der Waals surface area contributed by atoms with E-state index in [-0.39, 0.29) is 22.8 Å². The van der Waals surface area contributed by atoms with Crippen LogP contribution < -0.4 is 5.32 Å². The summed E-state index contributed by atoms with van der Waals surface area (Å²) in [5.41, 5.74) is 1.34. The van der Waals surface area contributed by atoms with Gasteiger partial charge in [-0.05, 0) is 25.8 Å². The first-order chi connectivity index (χ1) is 10.2. The quantitative estimate of drug-likeness (QED) is 0.675. The van der Waals surface area contributed by atoms with Crippen molar-refractivity contribution < 1.29 is 9.66 Å². The fourth-order valence-electron chi connectivity index (χ4n) is 2.68. The molecule has 0 aliphatic heterocycles. The number of nitro groups is 1. The number of para-hydroxylation sites is 1. The Morgan fingerprint density at radius 1 is 1.43 bits per heavy atom.